The lowest BCUT2D eigenvalue weighted by atomic mass is 9.89. The van der Waals surface area contributed by atoms with Crippen molar-refractivity contribution < 1.29 is 4.42 Å². The van der Waals surface area contributed by atoms with Gasteiger partial charge in [0, 0.05) is 26.1 Å². The summed E-state index contributed by atoms with van der Waals surface area (Å²) in [4.78, 5) is 7.25. The van der Waals surface area contributed by atoms with Crippen LogP contribution in [0.1, 0.15) is 11.6 Å². The quantitative estimate of drug-likeness (QED) is 0.741. The Hall–Kier alpha value is -2.33. The number of hydrogen-bond acceptors (Lipinski definition) is 3. The predicted molar refractivity (Wildman–Crippen MR) is 92.3 cm³/mol. The number of benzene rings is 1. The highest BCUT2D eigenvalue weighted by Crippen LogP contribution is 2.35. The Morgan fingerprint density at radius 2 is 1.88 bits per heavy atom. The van der Waals surface area contributed by atoms with E-state index in [2.05, 4.69) is 45.9 Å². The summed E-state index contributed by atoms with van der Waals surface area (Å²) in [6.07, 6.45) is 4.90. The zero-order chi connectivity index (χ0) is 15.9. The number of rotatable bonds is 3. The number of fused-ring (bicyclic) bond motifs is 2. The summed E-state index contributed by atoms with van der Waals surface area (Å²) in [5.41, 5.74) is 2.52. The number of nitrogens with zero attached hydrogens (tertiary/aromatic N) is 3. The molecule has 2 aromatic heterocycles. The maximum atomic E-state index is 5.51. The highest BCUT2D eigenvalue weighted by Gasteiger charge is 2.38. The molecule has 0 unspecified atom stereocenters. The minimum atomic E-state index is 0.712. The van der Waals surface area contributed by atoms with Gasteiger partial charge in [0.15, 0.2) is 0 Å². The van der Waals surface area contributed by atoms with Crippen LogP contribution < -0.4 is 0 Å². The lowest BCUT2D eigenvalue weighted by molar-refractivity contribution is 0.282. The Balaban J connectivity index is 1.37. The van der Waals surface area contributed by atoms with Gasteiger partial charge in [0.05, 0.1) is 24.7 Å². The molecule has 0 aliphatic carbocycles. The zero-order valence-corrected chi connectivity index (χ0v) is 13.6. The van der Waals surface area contributed by atoms with E-state index < -0.39 is 0 Å². The molecule has 122 valence electrons. The average Bonchev–Trinajstić information content (AvgIpc) is 3.32. The molecule has 2 atom stereocenters. The highest BCUT2D eigenvalue weighted by molar-refractivity contribution is 5.59. The van der Waals surface area contributed by atoms with Gasteiger partial charge < -0.3 is 8.98 Å². The van der Waals surface area contributed by atoms with Crippen LogP contribution >= 0.6 is 0 Å². The maximum absolute atomic E-state index is 5.51. The van der Waals surface area contributed by atoms with Crippen molar-refractivity contribution in [2.45, 2.75) is 19.5 Å². The van der Waals surface area contributed by atoms with Crippen LogP contribution in [0.2, 0.25) is 0 Å². The molecule has 0 amide bonds. The van der Waals surface area contributed by atoms with Crippen molar-refractivity contribution in [3.8, 4) is 11.3 Å². The van der Waals surface area contributed by atoms with E-state index in [0.29, 0.717) is 5.92 Å². The van der Waals surface area contributed by atoms with Crippen LogP contribution in [0.15, 0.2) is 59.3 Å². The Bertz CT molecular complexity index is 822. The second-order valence-electron chi connectivity index (χ2n) is 7.03. The fourth-order valence-electron chi connectivity index (χ4n) is 4.32. The molecule has 0 radical (unpaired) electrons. The molecule has 5 rings (SSSR count). The summed E-state index contributed by atoms with van der Waals surface area (Å²) < 4.78 is 7.95. The van der Waals surface area contributed by atoms with Gasteiger partial charge in [-0.05, 0) is 29.5 Å². The number of furan rings is 1. The molecule has 1 fully saturated rings. The van der Waals surface area contributed by atoms with Crippen LogP contribution in [-0.4, -0.2) is 27.5 Å². The second-order valence-corrected chi connectivity index (χ2v) is 7.03. The molecule has 1 saturated heterocycles. The molecule has 0 bridgehead atoms. The summed E-state index contributed by atoms with van der Waals surface area (Å²) in [5, 5.41) is 0. The Kier molecular flexibility index (Phi) is 3.30. The van der Waals surface area contributed by atoms with Crippen LogP contribution in [0.3, 0.4) is 0 Å². The Labute approximate surface area is 141 Å². The monoisotopic (exact) mass is 319 g/mol. The van der Waals surface area contributed by atoms with Gasteiger partial charge in [-0.25, -0.2) is 4.98 Å². The van der Waals surface area contributed by atoms with Gasteiger partial charge in [-0.15, -0.1) is 0 Å². The third-order valence-electron chi connectivity index (χ3n) is 5.48. The SMILES string of the molecule is c1ccc(-c2cnc3n2C[C@@H]2CN(Cc4ccco4)C[C@H]2C3)cc1. The van der Waals surface area contributed by atoms with Crippen LogP contribution in [0, 0.1) is 11.8 Å². The Morgan fingerprint density at radius 3 is 2.71 bits per heavy atom. The summed E-state index contributed by atoms with van der Waals surface area (Å²) in [6.45, 7) is 4.31. The van der Waals surface area contributed by atoms with Crippen molar-refractivity contribution in [1.29, 1.82) is 0 Å². The average molecular weight is 319 g/mol. The molecule has 1 aromatic carbocycles. The normalized spacial score (nSPS) is 23.2. The highest BCUT2D eigenvalue weighted by atomic mass is 16.3. The third-order valence-corrected chi connectivity index (χ3v) is 5.48. The van der Waals surface area contributed by atoms with Crippen molar-refractivity contribution in [2.75, 3.05) is 13.1 Å². The number of aromatic nitrogens is 2. The summed E-state index contributed by atoms with van der Waals surface area (Å²) in [6, 6.07) is 14.7. The van der Waals surface area contributed by atoms with Gasteiger partial charge in [0.1, 0.15) is 11.6 Å². The minimum absolute atomic E-state index is 0.712. The predicted octanol–water partition coefficient (Wildman–Crippen LogP) is 3.45. The van der Waals surface area contributed by atoms with E-state index in [-0.39, 0.29) is 0 Å². The van der Waals surface area contributed by atoms with Crippen LogP contribution in [0.25, 0.3) is 11.3 Å². The summed E-state index contributed by atoms with van der Waals surface area (Å²) in [7, 11) is 0. The first-order valence-electron chi connectivity index (χ1n) is 8.71. The van der Waals surface area contributed by atoms with E-state index >= 15 is 0 Å². The van der Waals surface area contributed by atoms with Gasteiger partial charge in [0.25, 0.3) is 0 Å². The van der Waals surface area contributed by atoms with E-state index in [1.165, 1.54) is 17.1 Å². The maximum Gasteiger partial charge on any atom is 0.117 e. The van der Waals surface area contributed by atoms with Crippen LogP contribution in [-0.2, 0) is 19.5 Å². The van der Waals surface area contributed by atoms with Gasteiger partial charge in [0.2, 0.25) is 0 Å². The summed E-state index contributed by atoms with van der Waals surface area (Å²) >= 11 is 0. The van der Waals surface area contributed by atoms with Crippen molar-refractivity contribution in [3.63, 3.8) is 0 Å². The van der Waals surface area contributed by atoms with Crippen LogP contribution in [0.4, 0.5) is 0 Å². The summed E-state index contributed by atoms with van der Waals surface area (Å²) in [5.74, 6) is 3.74. The third kappa shape index (κ3) is 2.38. The minimum Gasteiger partial charge on any atom is -0.468 e. The molecule has 24 heavy (non-hydrogen) atoms. The molecule has 0 spiro atoms. The molecule has 4 nitrogen and oxygen atoms in total. The number of likely N-dealkylation sites (tertiary alicyclic amines) is 1. The van der Waals surface area contributed by atoms with Crippen molar-refractivity contribution >= 4 is 0 Å². The molecular formula is C20H21N3O. The van der Waals surface area contributed by atoms with Gasteiger partial charge >= 0.3 is 0 Å². The zero-order valence-electron chi connectivity index (χ0n) is 13.6. The largest absolute Gasteiger partial charge is 0.468 e. The molecule has 0 N–H and O–H groups in total. The molecular weight excluding hydrogens is 298 g/mol. The second kappa shape index (κ2) is 5.64. The van der Waals surface area contributed by atoms with Crippen molar-refractivity contribution in [1.82, 2.24) is 14.5 Å². The van der Waals surface area contributed by atoms with E-state index in [1.54, 1.807) is 6.26 Å². The molecule has 2 aliphatic heterocycles. The molecule has 0 saturated carbocycles. The van der Waals surface area contributed by atoms with E-state index in [4.69, 9.17) is 9.40 Å². The smallest absolute Gasteiger partial charge is 0.117 e. The first-order valence-corrected chi connectivity index (χ1v) is 8.71. The van der Waals surface area contributed by atoms with E-state index in [1.807, 2.05) is 12.3 Å². The molecule has 3 aromatic rings. The first kappa shape index (κ1) is 14.1. The van der Waals surface area contributed by atoms with E-state index in [9.17, 15) is 0 Å². The number of imidazole rings is 1. The molecule has 4 heteroatoms. The standard InChI is InChI=1S/C20H21N3O/c1-2-5-15(6-3-1)19-10-21-20-9-16-11-22(12-17(16)13-23(19)20)14-18-7-4-8-24-18/h1-8,10,16-17H,9,11-14H2/t16-,17+/m1/s1. The lowest BCUT2D eigenvalue weighted by Crippen LogP contribution is -2.28. The van der Waals surface area contributed by atoms with E-state index in [0.717, 1.165) is 44.3 Å². The fraction of sp³-hybridized carbons (Fsp3) is 0.350. The van der Waals surface area contributed by atoms with Gasteiger partial charge in [-0.3, -0.25) is 4.90 Å². The lowest BCUT2D eigenvalue weighted by Gasteiger charge is -2.27. The van der Waals surface area contributed by atoms with Crippen LogP contribution in [0.5, 0.6) is 0 Å². The number of hydrogen-bond donors (Lipinski definition) is 0. The fourth-order valence-corrected chi connectivity index (χ4v) is 4.32. The van der Waals surface area contributed by atoms with Crippen molar-refractivity contribution in [2.24, 2.45) is 11.8 Å². The van der Waals surface area contributed by atoms with Gasteiger partial charge in [-0.2, -0.15) is 0 Å². The van der Waals surface area contributed by atoms with Crippen molar-refractivity contribution in [3.05, 3.63) is 66.5 Å². The molecule has 4 heterocycles. The first-order chi connectivity index (χ1) is 11.9. The Morgan fingerprint density at radius 1 is 1.00 bits per heavy atom. The topological polar surface area (TPSA) is 34.2 Å². The van der Waals surface area contributed by atoms with Gasteiger partial charge in [-0.1, -0.05) is 30.3 Å². The molecule has 2 aliphatic rings.